The standard InChI is InChI=1S/C16H19F2NO2/c17-16(18)21-14-7-2-1-6-13(14)15(20)10-8-11-4-3-5-12(9-10)19-11/h1-2,6-7,10-12,16,19H,3-5,8-9H2. The van der Waals surface area contributed by atoms with E-state index in [9.17, 15) is 13.6 Å². The van der Waals surface area contributed by atoms with Gasteiger partial charge >= 0.3 is 6.61 Å². The molecule has 2 aliphatic rings. The predicted octanol–water partition coefficient (Wildman–Crippen LogP) is 3.39. The summed E-state index contributed by atoms with van der Waals surface area (Å²) in [6.45, 7) is -2.91. The number of Topliss-reactive ketones (excluding diaryl/α,β-unsaturated/α-hetero) is 1. The number of carbonyl (C=O) groups excluding carboxylic acids is 1. The van der Waals surface area contributed by atoms with E-state index in [1.165, 1.54) is 12.5 Å². The highest BCUT2D eigenvalue weighted by Crippen LogP contribution is 2.33. The van der Waals surface area contributed by atoms with Gasteiger partial charge in [-0.25, -0.2) is 0 Å². The molecule has 3 nitrogen and oxygen atoms in total. The molecule has 0 saturated carbocycles. The maximum atomic E-state index is 12.7. The fraction of sp³-hybridized carbons (Fsp3) is 0.562. The Hall–Kier alpha value is -1.49. The summed E-state index contributed by atoms with van der Waals surface area (Å²) in [5.74, 6) is -0.171. The van der Waals surface area contributed by atoms with Crippen LogP contribution in [0.2, 0.25) is 0 Å². The van der Waals surface area contributed by atoms with Gasteiger partial charge in [0.05, 0.1) is 5.56 Å². The molecular formula is C16H19F2NO2. The molecule has 0 aliphatic carbocycles. The van der Waals surface area contributed by atoms with Gasteiger partial charge in [0.25, 0.3) is 0 Å². The lowest BCUT2D eigenvalue weighted by Crippen LogP contribution is -2.50. The van der Waals surface area contributed by atoms with E-state index in [0.717, 1.165) is 25.7 Å². The highest BCUT2D eigenvalue weighted by molar-refractivity contribution is 6.00. The Labute approximate surface area is 122 Å². The van der Waals surface area contributed by atoms with Gasteiger partial charge in [-0.3, -0.25) is 4.79 Å². The van der Waals surface area contributed by atoms with Crippen LogP contribution >= 0.6 is 0 Å². The molecule has 3 rings (SSSR count). The van der Waals surface area contributed by atoms with Gasteiger partial charge in [-0.15, -0.1) is 0 Å². The minimum Gasteiger partial charge on any atom is -0.434 e. The number of piperidine rings is 2. The molecule has 0 amide bonds. The molecule has 2 aliphatic heterocycles. The molecule has 0 radical (unpaired) electrons. The first-order valence-corrected chi connectivity index (χ1v) is 7.47. The fourth-order valence-corrected chi connectivity index (χ4v) is 3.57. The minimum atomic E-state index is -2.91. The molecule has 0 spiro atoms. The predicted molar refractivity (Wildman–Crippen MR) is 74.7 cm³/mol. The molecule has 2 fully saturated rings. The number of hydrogen-bond donors (Lipinski definition) is 1. The van der Waals surface area contributed by atoms with E-state index < -0.39 is 6.61 Å². The third kappa shape index (κ3) is 3.23. The molecule has 5 heteroatoms. The van der Waals surface area contributed by atoms with Crippen LogP contribution < -0.4 is 10.1 Å². The van der Waals surface area contributed by atoms with Gasteiger partial charge in [0.15, 0.2) is 5.78 Å². The van der Waals surface area contributed by atoms with Crippen LogP contribution in [0.15, 0.2) is 24.3 Å². The van der Waals surface area contributed by atoms with E-state index in [2.05, 4.69) is 10.1 Å². The molecule has 1 N–H and O–H groups in total. The average Bonchev–Trinajstić information content (AvgIpc) is 2.46. The summed E-state index contributed by atoms with van der Waals surface area (Å²) >= 11 is 0. The Morgan fingerprint density at radius 3 is 2.52 bits per heavy atom. The van der Waals surface area contributed by atoms with Crippen molar-refractivity contribution in [2.45, 2.75) is 50.8 Å². The lowest BCUT2D eigenvalue weighted by Gasteiger charge is -2.39. The molecule has 2 saturated heterocycles. The van der Waals surface area contributed by atoms with Gasteiger partial charge in [-0.1, -0.05) is 18.6 Å². The first-order chi connectivity index (χ1) is 10.1. The largest absolute Gasteiger partial charge is 0.434 e. The van der Waals surface area contributed by atoms with Crippen molar-refractivity contribution < 1.29 is 18.3 Å². The Balaban J connectivity index is 1.78. The normalized spacial score (nSPS) is 28.4. The van der Waals surface area contributed by atoms with E-state index in [1.54, 1.807) is 18.2 Å². The molecular weight excluding hydrogens is 276 g/mol. The Morgan fingerprint density at radius 1 is 1.19 bits per heavy atom. The zero-order valence-corrected chi connectivity index (χ0v) is 11.7. The lowest BCUT2D eigenvalue weighted by molar-refractivity contribution is -0.0502. The van der Waals surface area contributed by atoms with Crippen molar-refractivity contribution in [3.63, 3.8) is 0 Å². The molecule has 1 aromatic carbocycles. The second-order valence-electron chi connectivity index (χ2n) is 5.90. The van der Waals surface area contributed by atoms with Gasteiger partial charge < -0.3 is 10.1 Å². The fourth-order valence-electron chi connectivity index (χ4n) is 3.57. The van der Waals surface area contributed by atoms with Crippen LogP contribution in [-0.4, -0.2) is 24.5 Å². The van der Waals surface area contributed by atoms with Crippen LogP contribution in [0.3, 0.4) is 0 Å². The first kappa shape index (κ1) is 14.4. The summed E-state index contributed by atoms with van der Waals surface area (Å²) < 4.78 is 29.4. The zero-order valence-electron chi connectivity index (χ0n) is 11.7. The molecule has 2 heterocycles. The molecule has 2 bridgehead atoms. The van der Waals surface area contributed by atoms with Crippen LogP contribution in [0.5, 0.6) is 5.75 Å². The number of halogens is 2. The van der Waals surface area contributed by atoms with Gasteiger partial charge in [0.1, 0.15) is 5.75 Å². The van der Waals surface area contributed by atoms with Crippen LogP contribution in [0, 0.1) is 5.92 Å². The highest BCUT2D eigenvalue weighted by Gasteiger charge is 2.35. The van der Waals surface area contributed by atoms with E-state index in [0.29, 0.717) is 12.1 Å². The number of rotatable bonds is 4. The molecule has 2 atom stereocenters. The van der Waals surface area contributed by atoms with Gasteiger partial charge in [-0.05, 0) is 37.8 Å². The SMILES string of the molecule is O=C(c1ccccc1OC(F)F)C1CC2CCCC(C1)N2. The number of alkyl halides is 2. The third-order valence-electron chi connectivity index (χ3n) is 4.45. The van der Waals surface area contributed by atoms with Crippen molar-refractivity contribution in [1.82, 2.24) is 5.32 Å². The Bertz CT molecular complexity index is 509. The number of para-hydroxylation sites is 1. The Morgan fingerprint density at radius 2 is 1.86 bits per heavy atom. The van der Waals surface area contributed by atoms with Gasteiger partial charge in [0, 0.05) is 18.0 Å². The number of benzene rings is 1. The monoisotopic (exact) mass is 295 g/mol. The number of hydrogen-bond acceptors (Lipinski definition) is 3. The van der Waals surface area contributed by atoms with E-state index in [4.69, 9.17) is 0 Å². The summed E-state index contributed by atoms with van der Waals surface area (Å²) in [6.07, 6.45) is 4.97. The van der Waals surface area contributed by atoms with Crippen molar-refractivity contribution in [1.29, 1.82) is 0 Å². The molecule has 2 unspecified atom stereocenters. The van der Waals surface area contributed by atoms with Crippen molar-refractivity contribution in [3.8, 4) is 5.75 Å². The molecule has 1 aromatic rings. The number of ketones is 1. The molecule has 114 valence electrons. The van der Waals surface area contributed by atoms with Crippen LogP contribution in [0.25, 0.3) is 0 Å². The lowest BCUT2D eigenvalue weighted by atomic mass is 9.77. The van der Waals surface area contributed by atoms with Crippen LogP contribution in [0.1, 0.15) is 42.5 Å². The third-order valence-corrected chi connectivity index (χ3v) is 4.45. The summed E-state index contributed by atoms with van der Waals surface area (Å²) in [5, 5.41) is 3.53. The van der Waals surface area contributed by atoms with Crippen molar-refractivity contribution in [2.24, 2.45) is 5.92 Å². The number of ether oxygens (including phenoxy) is 1. The summed E-state index contributed by atoms with van der Waals surface area (Å²) in [7, 11) is 0. The number of fused-ring (bicyclic) bond motifs is 2. The molecule has 21 heavy (non-hydrogen) atoms. The van der Waals surface area contributed by atoms with Gasteiger partial charge in [-0.2, -0.15) is 8.78 Å². The van der Waals surface area contributed by atoms with Crippen LogP contribution in [-0.2, 0) is 0 Å². The van der Waals surface area contributed by atoms with Crippen LogP contribution in [0.4, 0.5) is 8.78 Å². The number of nitrogens with one attached hydrogen (secondary N) is 1. The maximum Gasteiger partial charge on any atom is 0.387 e. The molecule has 0 aromatic heterocycles. The average molecular weight is 295 g/mol. The quantitative estimate of drug-likeness (QED) is 0.865. The number of carbonyl (C=O) groups is 1. The van der Waals surface area contributed by atoms with E-state index >= 15 is 0 Å². The Kier molecular flexibility index (Phi) is 4.19. The minimum absolute atomic E-state index is 0.0128. The van der Waals surface area contributed by atoms with Crippen molar-refractivity contribution in [3.05, 3.63) is 29.8 Å². The van der Waals surface area contributed by atoms with Gasteiger partial charge in [0.2, 0.25) is 0 Å². The van der Waals surface area contributed by atoms with Crippen molar-refractivity contribution >= 4 is 5.78 Å². The zero-order chi connectivity index (χ0) is 14.8. The first-order valence-electron chi connectivity index (χ1n) is 7.47. The van der Waals surface area contributed by atoms with Crippen molar-refractivity contribution in [2.75, 3.05) is 0 Å². The topological polar surface area (TPSA) is 38.3 Å². The second kappa shape index (κ2) is 6.10. The smallest absolute Gasteiger partial charge is 0.387 e. The maximum absolute atomic E-state index is 12.7. The summed E-state index contributed by atoms with van der Waals surface area (Å²) in [4.78, 5) is 12.7. The summed E-state index contributed by atoms with van der Waals surface area (Å²) in [6, 6.07) is 7.07. The van der Waals surface area contributed by atoms with E-state index in [1.807, 2.05) is 0 Å². The van der Waals surface area contributed by atoms with E-state index in [-0.39, 0.29) is 23.0 Å². The second-order valence-corrected chi connectivity index (χ2v) is 5.90. The summed E-state index contributed by atoms with van der Waals surface area (Å²) in [5.41, 5.74) is 0.280. The highest BCUT2D eigenvalue weighted by atomic mass is 19.3.